The zero-order valence-corrected chi connectivity index (χ0v) is 56.2. The molecule has 0 atom stereocenters. The Labute approximate surface area is 555 Å². The molecular formula is C65H79BrF6N14O9. The maximum Gasteiger partial charge on any atom is 0.410 e. The molecule has 30 heteroatoms. The average Bonchev–Trinajstić information content (AvgIpc) is 0.943. The molecule has 0 aliphatic carbocycles. The fourth-order valence-electron chi connectivity index (χ4n) is 10.9. The van der Waals surface area contributed by atoms with Crippen molar-refractivity contribution in [3.63, 3.8) is 0 Å². The van der Waals surface area contributed by atoms with Crippen molar-refractivity contribution >= 4 is 91.5 Å². The third-order valence-corrected chi connectivity index (χ3v) is 16.6. The first-order valence-corrected chi connectivity index (χ1v) is 31.7. The van der Waals surface area contributed by atoms with Crippen molar-refractivity contribution in [1.82, 2.24) is 46.0 Å². The molecule has 0 bridgehead atoms. The Hall–Kier alpha value is -8.77. The summed E-state index contributed by atoms with van der Waals surface area (Å²) in [6.45, 7) is 16.8. The van der Waals surface area contributed by atoms with Crippen LogP contribution in [-0.2, 0) is 48.5 Å². The highest BCUT2D eigenvalue weighted by Gasteiger charge is 2.32. The molecular weight excluding hydrogens is 1310 g/mol. The summed E-state index contributed by atoms with van der Waals surface area (Å²) in [4.78, 5) is 100. The van der Waals surface area contributed by atoms with Gasteiger partial charge in [0.2, 0.25) is 11.6 Å². The number of Topliss-reactive ketones (excluding diaryl/α,β-unsaturated/α-hetero) is 2. The van der Waals surface area contributed by atoms with Crippen LogP contribution in [0, 0.1) is 13.8 Å². The Kier molecular flexibility index (Phi) is 26.0. The number of ether oxygens (including phenoxy) is 3. The van der Waals surface area contributed by atoms with Crippen molar-refractivity contribution in [2.24, 2.45) is 9.98 Å². The molecule has 8 heterocycles. The summed E-state index contributed by atoms with van der Waals surface area (Å²) >= 11 is 3.43. The first-order valence-electron chi connectivity index (χ1n) is 30.5. The van der Waals surface area contributed by atoms with Crippen LogP contribution >= 0.6 is 15.9 Å². The third kappa shape index (κ3) is 18.8. The lowest BCUT2D eigenvalue weighted by atomic mass is 9.94. The fraction of sp³-hybridized carbons (Fsp3) is 0.462. The minimum Gasteiger partial charge on any atom is -0.478 e. The number of fused-ring (bicyclic) bond motifs is 2. The van der Waals surface area contributed by atoms with Gasteiger partial charge in [-0.3, -0.25) is 28.9 Å². The van der Waals surface area contributed by atoms with Crippen molar-refractivity contribution < 1.29 is 69.3 Å². The second-order valence-corrected chi connectivity index (χ2v) is 23.7. The SMILES string of the molecule is CNC(=O)c1ccc(N2CCN(C(=O)OC(C)(C)C)CC2)c(C(F)F)n1.CNC(=O)c1ccc(N2CCN(Cc3ccc4c(c3C)CC(=O)C(OC)=N4)CC2)c(C(F)F)n1.CNC(=O)c1ccc(N2CCNCC2)c(C(F)F)n1.COC1=Nc2ccc(CBr)c(C)c2CC1=O. The Bertz CT molecular complexity index is 3670. The van der Waals surface area contributed by atoms with E-state index in [1.807, 2.05) is 47.9 Å². The summed E-state index contributed by atoms with van der Waals surface area (Å²) in [6, 6.07) is 16.8. The standard InChI is InChI=1S/C24H27F2N5O3.C17H24F2N4O3.C12H12BrNO2.C12H16F2N4O/c1-14-15(4-5-17-16(14)12-20(32)24(29-17)34-3)13-30-8-10-31(11-9-30)19-7-6-18(23(33)27-2)28-21(19)22(25)26;1-17(2,3)26-16(25)23-9-7-22(8-10-23)12-6-5-11(15(24)20-4)21-13(12)14(18)19;1-7-8(6-13)3-4-10-9(7)5-11(15)12(14-10)16-2;1-15-12(19)8-2-3-9(10(17-8)11(13)14)18-6-4-16-5-7-18/h4-7,22H,8-13H2,1-3H3,(H,27,33);5-6,14H,7-10H2,1-4H3,(H,20,24);3-4H,5-6H2,1-2H3;2-3,11,16H,4-7H2,1H3,(H,15,19). The van der Waals surface area contributed by atoms with Crippen LogP contribution in [0.15, 0.2) is 70.6 Å². The van der Waals surface area contributed by atoms with Gasteiger partial charge in [-0.2, -0.15) is 0 Å². The number of benzene rings is 2. The minimum atomic E-state index is -2.81. The van der Waals surface area contributed by atoms with E-state index < -0.39 is 54.4 Å². The number of anilines is 3. The van der Waals surface area contributed by atoms with Gasteiger partial charge < -0.3 is 55.1 Å². The number of ketones is 2. The molecule has 95 heavy (non-hydrogen) atoms. The van der Waals surface area contributed by atoms with E-state index in [0.717, 1.165) is 57.6 Å². The highest BCUT2D eigenvalue weighted by atomic mass is 79.9. The lowest BCUT2D eigenvalue weighted by Crippen LogP contribution is -2.50. The van der Waals surface area contributed by atoms with Crippen molar-refractivity contribution in [2.75, 3.05) is 129 Å². The van der Waals surface area contributed by atoms with Crippen molar-refractivity contribution in [3.8, 4) is 0 Å². The van der Waals surface area contributed by atoms with E-state index in [0.29, 0.717) is 89.8 Å². The molecule has 0 unspecified atom stereocenters. The number of hydrogen-bond acceptors (Lipinski definition) is 19. The van der Waals surface area contributed by atoms with E-state index in [1.165, 1.54) is 65.2 Å². The number of nitrogens with one attached hydrogen (secondary N) is 4. The summed E-state index contributed by atoms with van der Waals surface area (Å²) in [5.41, 5.74) is 7.28. The number of pyridine rings is 3. The zero-order valence-electron chi connectivity index (χ0n) is 54.6. The van der Waals surface area contributed by atoms with Gasteiger partial charge in [-0.05, 0) is 117 Å². The number of aromatic nitrogens is 3. The second-order valence-electron chi connectivity index (χ2n) is 23.2. The van der Waals surface area contributed by atoms with Gasteiger partial charge in [0.25, 0.3) is 48.8 Å². The van der Waals surface area contributed by atoms with Gasteiger partial charge in [0.05, 0.1) is 42.7 Å². The maximum absolute atomic E-state index is 13.7. The lowest BCUT2D eigenvalue weighted by molar-refractivity contribution is -0.114. The number of carbonyl (C=O) groups is 6. The molecule has 10 rings (SSSR count). The first-order chi connectivity index (χ1) is 45.2. The topological polar surface area (TPSA) is 258 Å². The van der Waals surface area contributed by atoms with E-state index in [2.05, 4.69) is 67.0 Å². The fourth-order valence-corrected chi connectivity index (χ4v) is 11.5. The first kappa shape index (κ1) is 73.6. The molecule has 5 aliphatic rings. The number of halogens is 7. The molecule has 23 nitrogen and oxygen atoms in total. The number of rotatable bonds is 12. The molecule has 5 aliphatic heterocycles. The Balaban J connectivity index is 0.000000186. The van der Waals surface area contributed by atoms with Crippen molar-refractivity contribution in [1.29, 1.82) is 0 Å². The molecule has 5 aromatic rings. The van der Waals surface area contributed by atoms with Gasteiger partial charge in [-0.25, -0.2) is 56.1 Å². The van der Waals surface area contributed by atoms with Crippen LogP contribution in [0.3, 0.4) is 0 Å². The normalized spacial score (nSPS) is 15.6. The van der Waals surface area contributed by atoms with Gasteiger partial charge >= 0.3 is 6.09 Å². The summed E-state index contributed by atoms with van der Waals surface area (Å²) < 4.78 is 95.7. The lowest BCUT2D eigenvalue weighted by Gasteiger charge is -2.37. The molecule has 4 amide bonds. The largest absolute Gasteiger partial charge is 0.478 e. The number of methoxy groups -OCH3 is 2. The van der Waals surface area contributed by atoms with Crippen LogP contribution in [0.4, 0.5) is 59.6 Å². The van der Waals surface area contributed by atoms with Crippen LogP contribution in [0.25, 0.3) is 0 Å². The number of alkyl halides is 7. The Morgan fingerprint density at radius 2 is 0.916 bits per heavy atom. The smallest absolute Gasteiger partial charge is 0.410 e. The van der Waals surface area contributed by atoms with Crippen molar-refractivity contribution in [2.45, 2.75) is 84.2 Å². The number of hydrogen-bond donors (Lipinski definition) is 4. The van der Waals surface area contributed by atoms with Crippen LogP contribution in [0.5, 0.6) is 0 Å². The van der Waals surface area contributed by atoms with Gasteiger partial charge in [-0.1, -0.05) is 28.1 Å². The molecule has 3 fully saturated rings. The third-order valence-electron chi connectivity index (χ3n) is 16.0. The highest BCUT2D eigenvalue weighted by molar-refractivity contribution is 9.08. The molecule has 0 radical (unpaired) electrons. The summed E-state index contributed by atoms with van der Waals surface area (Å²) in [6.07, 6.45) is -8.05. The van der Waals surface area contributed by atoms with Gasteiger partial charge in [-0.15, -0.1) is 0 Å². The predicted octanol–water partition coefficient (Wildman–Crippen LogP) is 8.73. The van der Waals surface area contributed by atoms with E-state index in [1.54, 1.807) is 42.7 Å². The summed E-state index contributed by atoms with van der Waals surface area (Å²) in [5, 5.41) is 11.1. The Morgan fingerprint density at radius 3 is 1.27 bits per heavy atom. The van der Waals surface area contributed by atoms with Gasteiger partial charge in [0, 0.05) is 124 Å². The minimum absolute atomic E-state index is 0.0108. The molecule has 3 saturated heterocycles. The number of carbonyl (C=O) groups excluding carboxylic acids is 6. The van der Waals surface area contributed by atoms with E-state index in [4.69, 9.17) is 14.2 Å². The molecule has 2 aromatic carbocycles. The number of aliphatic imine (C=N–C) groups is 2. The van der Waals surface area contributed by atoms with E-state index in [-0.39, 0.29) is 63.9 Å². The quantitative estimate of drug-likeness (QED) is 0.0672. The maximum atomic E-state index is 13.7. The van der Waals surface area contributed by atoms with Crippen LogP contribution < -0.4 is 36.0 Å². The van der Waals surface area contributed by atoms with Gasteiger partial charge in [0.15, 0.2) is 0 Å². The Morgan fingerprint density at radius 1 is 0.547 bits per heavy atom. The summed E-state index contributed by atoms with van der Waals surface area (Å²) in [5.74, 6) is -1.32. The molecule has 0 saturated carbocycles. The summed E-state index contributed by atoms with van der Waals surface area (Å²) in [7, 11) is 7.21. The highest BCUT2D eigenvalue weighted by Crippen LogP contribution is 2.35. The number of nitrogens with zero attached hydrogens (tertiary/aromatic N) is 10. The van der Waals surface area contributed by atoms with E-state index in [9.17, 15) is 55.1 Å². The second kappa shape index (κ2) is 33.6. The predicted molar refractivity (Wildman–Crippen MR) is 351 cm³/mol. The molecule has 4 N–H and O–H groups in total. The monoisotopic (exact) mass is 1390 g/mol. The van der Waals surface area contributed by atoms with E-state index >= 15 is 0 Å². The van der Waals surface area contributed by atoms with Crippen LogP contribution in [0.2, 0.25) is 0 Å². The van der Waals surface area contributed by atoms with Crippen LogP contribution in [-0.4, -0.2) is 191 Å². The number of amides is 4. The van der Waals surface area contributed by atoms with Crippen molar-refractivity contribution in [3.05, 3.63) is 128 Å². The average molecular weight is 1390 g/mol. The molecule has 512 valence electrons. The van der Waals surface area contributed by atoms with Crippen LogP contribution in [0.1, 0.15) is 122 Å². The molecule has 3 aromatic heterocycles. The van der Waals surface area contributed by atoms with Gasteiger partial charge in [0.1, 0.15) is 39.8 Å². The number of piperazine rings is 3. The zero-order chi connectivity index (χ0) is 69.4. The molecule has 0 spiro atoms.